The van der Waals surface area contributed by atoms with E-state index in [9.17, 15) is 9.59 Å². The monoisotopic (exact) mass is 337 g/mol. The summed E-state index contributed by atoms with van der Waals surface area (Å²) in [6.45, 7) is 0.513. The first-order chi connectivity index (χ1) is 11.0. The number of nitrogens with two attached hydrogens (primary N) is 1. The maximum Gasteiger partial charge on any atom is 0.224 e. The Morgan fingerprint density at radius 2 is 1.96 bits per heavy atom. The van der Waals surface area contributed by atoms with Gasteiger partial charge in [0.15, 0.2) is 0 Å². The summed E-state index contributed by atoms with van der Waals surface area (Å²) in [4.78, 5) is 23.8. The van der Waals surface area contributed by atoms with E-state index in [1.165, 1.54) is 0 Å². The van der Waals surface area contributed by atoms with E-state index in [1.807, 2.05) is 0 Å². The number of carbonyl (C=O) groups is 2. The minimum absolute atomic E-state index is 0.0293. The highest BCUT2D eigenvalue weighted by molar-refractivity contribution is 6.30. The summed E-state index contributed by atoms with van der Waals surface area (Å²) in [5.41, 5.74) is 6.62. The minimum atomic E-state index is -0.0683. The molecule has 0 saturated heterocycles. The number of amides is 2. The number of rotatable bonds is 6. The lowest BCUT2D eigenvalue weighted by atomic mass is 9.85. The van der Waals surface area contributed by atoms with Crippen LogP contribution in [-0.4, -0.2) is 24.4 Å². The Kier molecular flexibility index (Phi) is 6.86. The number of hydrogen-bond acceptors (Lipinski definition) is 3. The smallest absolute Gasteiger partial charge is 0.224 e. The van der Waals surface area contributed by atoms with E-state index in [1.54, 1.807) is 24.3 Å². The van der Waals surface area contributed by atoms with Gasteiger partial charge in [0.25, 0.3) is 0 Å². The van der Waals surface area contributed by atoms with Crippen LogP contribution in [0.5, 0.6) is 0 Å². The van der Waals surface area contributed by atoms with Gasteiger partial charge in [-0.2, -0.15) is 0 Å². The van der Waals surface area contributed by atoms with Crippen LogP contribution >= 0.6 is 11.6 Å². The van der Waals surface area contributed by atoms with Crippen LogP contribution in [-0.2, 0) is 9.59 Å². The molecule has 1 aliphatic rings. The molecule has 126 valence electrons. The molecule has 0 radical (unpaired) electrons. The van der Waals surface area contributed by atoms with Crippen molar-refractivity contribution in [1.82, 2.24) is 5.32 Å². The van der Waals surface area contributed by atoms with E-state index in [4.69, 9.17) is 17.3 Å². The van der Waals surface area contributed by atoms with Gasteiger partial charge in [-0.25, -0.2) is 0 Å². The molecule has 23 heavy (non-hydrogen) atoms. The van der Waals surface area contributed by atoms with Crippen LogP contribution < -0.4 is 16.4 Å². The van der Waals surface area contributed by atoms with Crippen LogP contribution in [0, 0.1) is 5.92 Å². The standard InChI is InChI=1S/C17H24ClN3O2/c18-13-6-8-15(9-7-13)21-16(22)5-2-10-20-17(23)12-3-1-4-14(19)11-12/h6-9,12,14H,1-5,10-11,19H2,(H,20,23)(H,21,22). The van der Waals surface area contributed by atoms with Gasteiger partial charge < -0.3 is 16.4 Å². The van der Waals surface area contributed by atoms with E-state index >= 15 is 0 Å². The van der Waals surface area contributed by atoms with Crippen molar-refractivity contribution >= 4 is 29.1 Å². The van der Waals surface area contributed by atoms with Gasteiger partial charge in [0.1, 0.15) is 0 Å². The average Bonchev–Trinajstić information content (AvgIpc) is 2.53. The van der Waals surface area contributed by atoms with Crippen LogP contribution in [0.15, 0.2) is 24.3 Å². The molecule has 6 heteroatoms. The van der Waals surface area contributed by atoms with Crippen molar-refractivity contribution in [1.29, 1.82) is 0 Å². The third kappa shape index (κ3) is 6.20. The molecule has 0 spiro atoms. The zero-order valence-electron chi connectivity index (χ0n) is 13.2. The first kappa shape index (κ1) is 17.8. The van der Waals surface area contributed by atoms with Gasteiger partial charge in [-0.1, -0.05) is 18.0 Å². The predicted molar refractivity (Wildman–Crippen MR) is 92.3 cm³/mol. The van der Waals surface area contributed by atoms with Gasteiger partial charge in [0, 0.05) is 35.6 Å². The van der Waals surface area contributed by atoms with Crippen molar-refractivity contribution in [2.24, 2.45) is 11.7 Å². The Hall–Kier alpha value is -1.59. The molecule has 1 aromatic rings. The SMILES string of the molecule is NC1CCCC(C(=O)NCCCC(=O)Nc2ccc(Cl)cc2)C1. The first-order valence-electron chi connectivity index (χ1n) is 8.13. The van der Waals surface area contributed by atoms with Crippen LogP contribution in [0.25, 0.3) is 0 Å². The molecule has 0 heterocycles. The number of benzene rings is 1. The molecular weight excluding hydrogens is 314 g/mol. The van der Waals surface area contributed by atoms with Gasteiger partial charge in [-0.05, 0) is 49.9 Å². The average molecular weight is 338 g/mol. The Morgan fingerprint density at radius 3 is 2.65 bits per heavy atom. The maximum absolute atomic E-state index is 12.0. The lowest BCUT2D eigenvalue weighted by Gasteiger charge is -2.25. The van der Waals surface area contributed by atoms with E-state index in [0.29, 0.717) is 24.4 Å². The second-order valence-electron chi connectivity index (χ2n) is 6.07. The summed E-state index contributed by atoms with van der Waals surface area (Å²) in [7, 11) is 0. The topological polar surface area (TPSA) is 84.2 Å². The van der Waals surface area contributed by atoms with Crippen molar-refractivity contribution in [2.75, 3.05) is 11.9 Å². The molecule has 1 aromatic carbocycles. The fraction of sp³-hybridized carbons (Fsp3) is 0.529. The number of halogens is 1. The number of carbonyl (C=O) groups excluding carboxylic acids is 2. The summed E-state index contributed by atoms with van der Waals surface area (Å²) in [5.74, 6) is 0.0289. The van der Waals surface area contributed by atoms with Gasteiger partial charge in [0.2, 0.25) is 11.8 Å². The van der Waals surface area contributed by atoms with E-state index in [-0.39, 0.29) is 23.8 Å². The molecule has 0 bridgehead atoms. The third-order valence-electron chi connectivity index (χ3n) is 4.09. The summed E-state index contributed by atoms with van der Waals surface area (Å²) < 4.78 is 0. The quantitative estimate of drug-likeness (QED) is 0.698. The van der Waals surface area contributed by atoms with Crippen molar-refractivity contribution in [2.45, 2.75) is 44.6 Å². The summed E-state index contributed by atoms with van der Waals surface area (Å²) in [5, 5.41) is 6.34. The van der Waals surface area contributed by atoms with E-state index < -0.39 is 0 Å². The summed E-state index contributed by atoms with van der Waals surface area (Å²) >= 11 is 5.79. The molecule has 2 amide bonds. The normalized spacial score (nSPS) is 20.8. The fourth-order valence-corrected chi connectivity index (χ4v) is 2.95. The molecule has 0 aromatic heterocycles. The molecule has 0 aliphatic heterocycles. The van der Waals surface area contributed by atoms with Crippen LogP contribution in [0.4, 0.5) is 5.69 Å². The van der Waals surface area contributed by atoms with E-state index in [2.05, 4.69) is 10.6 Å². The number of hydrogen-bond donors (Lipinski definition) is 3. The molecule has 1 aliphatic carbocycles. The van der Waals surface area contributed by atoms with Gasteiger partial charge in [-0.3, -0.25) is 9.59 Å². The van der Waals surface area contributed by atoms with Gasteiger partial charge in [0.05, 0.1) is 0 Å². The maximum atomic E-state index is 12.0. The highest BCUT2D eigenvalue weighted by Crippen LogP contribution is 2.23. The Morgan fingerprint density at radius 1 is 1.22 bits per heavy atom. The van der Waals surface area contributed by atoms with Crippen molar-refractivity contribution in [3.63, 3.8) is 0 Å². The van der Waals surface area contributed by atoms with Crippen molar-refractivity contribution in [3.05, 3.63) is 29.3 Å². The largest absolute Gasteiger partial charge is 0.356 e. The zero-order valence-corrected chi connectivity index (χ0v) is 13.9. The number of nitrogens with one attached hydrogen (secondary N) is 2. The summed E-state index contributed by atoms with van der Waals surface area (Å²) in [6.07, 6.45) is 4.69. The zero-order chi connectivity index (χ0) is 16.7. The highest BCUT2D eigenvalue weighted by atomic mass is 35.5. The van der Waals surface area contributed by atoms with Gasteiger partial charge >= 0.3 is 0 Å². The molecule has 2 unspecified atom stereocenters. The predicted octanol–water partition coefficient (Wildman–Crippen LogP) is 2.69. The lowest BCUT2D eigenvalue weighted by Crippen LogP contribution is -2.38. The lowest BCUT2D eigenvalue weighted by molar-refractivity contribution is -0.126. The van der Waals surface area contributed by atoms with Gasteiger partial charge in [-0.15, -0.1) is 0 Å². The minimum Gasteiger partial charge on any atom is -0.356 e. The van der Waals surface area contributed by atoms with Crippen LogP contribution in [0.1, 0.15) is 38.5 Å². The Labute approximate surface area is 142 Å². The highest BCUT2D eigenvalue weighted by Gasteiger charge is 2.24. The molecule has 2 atom stereocenters. The molecule has 2 rings (SSSR count). The summed E-state index contributed by atoms with van der Waals surface area (Å²) in [6, 6.07) is 7.12. The van der Waals surface area contributed by atoms with Crippen molar-refractivity contribution < 1.29 is 9.59 Å². The Balaban J connectivity index is 1.62. The van der Waals surface area contributed by atoms with Crippen LogP contribution in [0.3, 0.4) is 0 Å². The molecule has 1 saturated carbocycles. The molecule has 4 N–H and O–H groups in total. The first-order valence-corrected chi connectivity index (χ1v) is 8.51. The number of anilines is 1. The molecule has 1 fully saturated rings. The molecule has 5 nitrogen and oxygen atoms in total. The second-order valence-corrected chi connectivity index (χ2v) is 6.51. The van der Waals surface area contributed by atoms with Crippen molar-refractivity contribution in [3.8, 4) is 0 Å². The van der Waals surface area contributed by atoms with Crippen LogP contribution in [0.2, 0.25) is 5.02 Å². The second kappa shape index (κ2) is 8.89. The fourth-order valence-electron chi connectivity index (χ4n) is 2.83. The molecular formula is C17H24ClN3O2. The Bertz CT molecular complexity index is 533. The third-order valence-corrected chi connectivity index (χ3v) is 4.35. The van der Waals surface area contributed by atoms with E-state index in [0.717, 1.165) is 31.4 Å².